The van der Waals surface area contributed by atoms with Gasteiger partial charge in [0.1, 0.15) is 17.2 Å². The van der Waals surface area contributed by atoms with Crippen LogP contribution in [0.25, 0.3) is 0 Å². The summed E-state index contributed by atoms with van der Waals surface area (Å²) < 4.78 is 5.74. The summed E-state index contributed by atoms with van der Waals surface area (Å²) in [5, 5.41) is 31.6. The first-order valence-corrected chi connectivity index (χ1v) is 7.66. The monoisotopic (exact) mass is 329 g/mol. The van der Waals surface area contributed by atoms with Crippen molar-refractivity contribution >= 4 is 5.91 Å². The Balaban J connectivity index is 1.81. The molecule has 0 aliphatic carbocycles. The van der Waals surface area contributed by atoms with Crippen LogP contribution >= 0.6 is 0 Å². The summed E-state index contributed by atoms with van der Waals surface area (Å²) in [7, 11) is 0. The molecule has 2 aromatic carbocycles. The van der Waals surface area contributed by atoms with Gasteiger partial charge in [-0.2, -0.15) is 0 Å². The highest BCUT2D eigenvalue weighted by Crippen LogP contribution is 2.34. The smallest absolute Gasteiger partial charge is 0.256 e. The summed E-state index contributed by atoms with van der Waals surface area (Å²) in [5.74, 6) is -1.19. The van der Waals surface area contributed by atoms with Crippen molar-refractivity contribution in [3.05, 3.63) is 53.1 Å². The van der Waals surface area contributed by atoms with Crippen molar-refractivity contribution in [2.75, 3.05) is 6.61 Å². The van der Waals surface area contributed by atoms with Crippen molar-refractivity contribution in [1.29, 1.82) is 0 Å². The SMILES string of the molecule is CC1(C(=O)NCc2c(O)cc(O)cc2O)OCCc2ccccc21. The number of nitrogens with one attached hydrogen (secondary N) is 1. The summed E-state index contributed by atoms with van der Waals surface area (Å²) in [5.41, 5.74) is 0.884. The molecule has 1 heterocycles. The standard InChI is InChI=1S/C18H19NO5/c1-18(14-5-3-2-4-11(14)6-7-24-18)17(23)19-10-13-15(21)8-12(20)9-16(13)22/h2-5,8-9,20-22H,6-7,10H2,1H3,(H,19,23). The highest BCUT2D eigenvalue weighted by atomic mass is 16.5. The van der Waals surface area contributed by atoms with Crippen LogP contribution in [-0.2, 0) is 28.1 Å². The van der Waals surface area contributed by atoms with Crippen LogP contribution in [0.5, 0.6) is 17.2 Å². The zero-order valence-electron chi connectivity index (χ0n) is 13.2. The van der Waals surface area contributed by atoms with Crippen molar-refractivity contribution in [3.63, 3.8) is 0 Å². The Hall–Kier alpha value is -2.73. The van der Waals surface area contributed by atoms with E-state index in [9.17, 15) is 20.1 Å². The van der Waals surface area contributed by atoms with Gasteiger partial charge in [-0.25, -0.2) is 0 Å². The second kappa shape index (κ2) is 6.05. The van der Waals surface area contributed by atoms with Gasteiger partial charge in [0.15, 0.2) is 5.60 Å². The Morgan fingerprint density at radius 1 is 1.21 bits per heavy atom. The lowest BCUT2D eigenvalue weighted by Gasteiger charge is -2.34. The number of phenols is 3. The highest BCUT2D eigenvalue weighted by molar-refractivity contribution is 5.87. The molecule has 1 aliphatic heterocycles. The molecule has 126 valence electrons. The summed E-state index contributed by atoms with van der Waals surface area (Å²) in [6.45, 7) is 2.06. The topological polar surface area (TPSA) is 99.0 Å². The maximum atomic E-state index is 12.7. The number of aromatic hydroxyl groups is 3. The number of fused-ring (bicyclic) bond motifs is 1. The molecule has 6 heteroatoms. The van der Waals surface area contributed by atoms with E-state index in [2.05, 4.69) is 5.32 Å². The van der Waals surface area contributed by atoms with Gasteiger partial charge in [0.05, 0.1) is 18.7 Å². The molecule has 2 aromatic rings. The molecule has 0 saturated heterocycles. The molecule has 3 rings (SSSR count). The van der Waals surface area contributed by atoms with E-state index in [0.717, 1.165) is 29.7 Å². The van der Waals surface area contributed by atoms with E-state index in [4.69, 9.17) is 4.74 Å². The fraction of sp³-hybridized carbons (Fsp3) is 0.278. The molecule has 1 aliphatic rings. The third-order valence-corrected chi connectivity index (χ3v) is 4.34. The minimum atomic E-state index is -1.13. The average Bonchev–Trinajstić information content (AvgIpc) is 2.54. The number of benzene rings is 2. The number of carbonyl (C=O) groups is 1. The third-order valence-electron chi connectivity index (χ3n) is 4.34. The van der Waals surface area contributed by atoms with Gasteiger partial charge in [0.25, 0.3) is 5.91 Å². The van der Waals surface area contributed by atoms with Crippen LogP contribution < -0.4 is 5.32 Å². The Bertz CT molecular complexity index is 766. The predicted molar refractivity (Wildman–Crippen MR) is 86.7 cm³/mol. The summed E-state index contributed by atoms with van der Waals surface area (Å²) in [6.07, 6.45) is 0.749. The average molecular weight is 329 g/mol. The van der Waals surface area contributed by atoms with Gasteiger partial charge in [0, 0.05) is 12.1 Å². The van der Waals surface area contributed by atoms with Crippen LogP contribution in [0.15, 0.2) is 36.4 Å². The molecule has 24 heavy (non-hydrogen) atoms. The Morgan fingerprint density at radius 2 is 1.88 bits per heavy atom. The van der Waals surface area contributed by atoms with E-state index in [1.54, 1.807) is 6.92 Å². The zero-order chi connectivity index (χ0) is 17.3. The van der Waals surface area contributed by atoms with Crippen molar-refractivity contribution in [2.45, 2.75) is 25.5 Å². The van der Waals surface area contributed by atoms with Crippen LogP contribution in [0.1, 0.15) is 23.6 Å². The fourth-order valence-corrected chi connectivity index (χ4v) is 2.98. The Labute approximate surface area is 139 Å². The molecule has 4 N–H and O–H groups in total. The van der Waals surface area contributed by atoms with Gasteiger partial charge in [-0.05, 0) is 24.5 Å². The number of phenolic OH excluding ortho intramolecular Hbond substituents is 3. The molecular formula is C18H19NO5. The minimum Gasteiger partial charge on any atom is -0.508 e. The maximum absolute atomic E-state index is 12.7. The number of hydrogen-bond donors (Lipinski definition) is 4. The summed E-state index contributed by atoms with van der Waals surface area (Å²) in [6, 6.07) is 9.83. The fourth-order valence-electron chi connectivity index (χ4n) is 2.98. The van der Waals surface area contributed by atoms with E-state index >= 15 is 0 Å². The lowest BCUT2D eigenvalue weighted by Crippen LogP contribution is -2.46. The number of carbonyl (C=O) groups excluding carboxylic acids is 1. The third kappa shape index (κ3) is 2.76. The maximum Gasteiger partial charge on any atom is 0.256 e. The molecule has 1 amide bonds. The molecule has 6 nitrogen and oxygen atoms in total. The van der Waals surface area contributed by atoms with Crippen LogP contribution in [0.3, 0.4) is 0 Å². The molecule has 1 atom stereocenters. The summed E-state index contributed by atoms with van der Waals surface area (Å²) >= 11 is 0. The normalized spacial score (nSPS) is 19.5. The second-order valence-electron chi connectivity index (χ2n) is 5.93. The largest absolute Gasteiger partial charge is 0.508 e. The quantitative estimate of drug-likeness (QED) is 0.689. The zero-order valence-corrected chi connectivity index (χ0v) is 13.2. The Morgan fingerprint density at radius 3 is 2.58 bits per heavy atom. The van der Waals surface area contributed by atoms with Crippen LogP contribution in [0, 0.1) is 0 Å². The number of rotatable bonds is 3. The van der Waals surface area contributed by atoms with Crippen LogP contribution in [-0.4, -0.2) is 27.8 Å². The van der Waals surface area contributed by atoms with E-state index in [-0.39, 0.29) is 35.3 Å². The number of hydrogen-bond acceptors (Lipinski definition) is 5. The van der Waals surface area contributed by atoms with E-state index in [1.807, 2.05) is 24.3 Å². The van der Waals surface area contributed by atoms with Crippen LogP contribution in [0.2, 0.25) is 0 Å². The van der Waals surface area contributed by atoms with Crippen molar-refractivity contribution in [3.8, 4) is 17.2 Å². The highest BCUT2D eigenvalue weighted by Gasteiger charge is 2.40. The molecule has 0 fully saturated rings. The first-order chi connectivity index (χ1) is 11.4. The van der Waals surface area contributed by atoms with Gasteiger partial charge in [-0.3, -0.25) is 4.79 Å². The Kier molecular flexibility index (Phi) is 4.07. The van der Waals surface area contributed by atoms with Crippen LogP contribution in [0.4, 0.5) is 0 Å². The van der Waals surface area contributed by atoms with E-state index in [0.29, 0.717) is 6.61 Å². The second-order valence-corrected chi connectivity index (χ2v) is 5.93. The molecule has 0 bridgehead atoms. The molecule has 0 aromatic heterocycles. The van der Waals surface area contributed by atoms with Crippen molar-refractivity contribution in [2.24, 2.45) is 0 Å². The molecule has 0 saturated carbocycles. The van der Waals surface area contributed by atoms with Gasteiger partial charge in [0.2, 0.25) is 0 Å². The van der Waals surface area contributed by atoms with Gasteiger partial charge in [-0.1, -0.05) is 24.3 Å². The van der Waals surface area contributed by atoms with Crippen molar-refractivity contribution in [1.82, 2.24) is 5.32 Å². The lowest BCUT2D eigenvalue weighted by molar-refractivity contribution is -0.148. The lowest BCUT2D eigenvalue weighted by atomic mass is 9.87. The molecule has 0 radical (unpaired) electrons. The summed E-state index contributed by atoms with van der Waals surface area (Å²) in [4.78, 5) is 12.7. The van der Waals surface area contributed by atoms with Gasteiger partial charge >= 0.3 is 0 Å². The van der Waals surface area contributed by atoms with E-state index in [1.165, 1.54) is 0 Å². The molecular weight excluding hydrogens is 310 g/mol. The van der Waals surface area contributed by atoms with Gasteiger partial charge in [-0.15, -0.1) is 0 Å². The molecule has 0 spiro atoms. The predicted octanol–water partition coefficient (Wildman–Crippen LogP) is 1.91. The van der Waals surface area contributed by atoms with Crippen molar-refractivity contribution < 1.29 is 24.9 Å². The van der Waals surface area contributed by atoms with Gasteiger partial charge < -0.3 is 25.4 Å². The molecule has 1 unspecified atom stereocenters. The number of amides is 1. The van der Waals surface area contributed by atoms with E-state index < -0.39 is 5.60 Å². The minimum absolute atomic E-state index is 0.0854. The first kappa shape index (κ1) is 16.1. The first-order valence-electron chi connectivity index (χ1n) is 7.66. The number of ether oxygens (including phenoxy) is 1.